The van der Waals surface area contributed by atoms with Gasteiger partial charge < -0.3 is 15.4 Å². The van der Waals surface area contributed by atoms with E-state index in [0.29, 0.717) is 18.1 Å². The van der Waals surface area contributed by atoms with E-state index < -0.39 is 0 Å². The van der Waals surface area contributed by atoms with Crippen LogP contribution < -0.4 is 10.6 Å². The molecule has 0 aromatic heterocycles. The summed E-state index contributed by atoms with van der Waals surface area (Å²) in [6.45, 7) is 3.79. The summed E-state index contributed by atoms with van der Waals surface area (Å²) in [4.78, 5) is 0. The lowest BCUT2D eigenvalue weighted by molar-refractivity contribution is 0.0289. The van der Waals surface area contributed by atoms with Crippen molar-refractivity contribution in [3.8, 4) is 0 Å². The van der Waals surface area contributed by atoms with E-state index >= 15 is 0 Å². The number of hydrogen-bond acceptors (Lipinski definition) is 3. The first-order valence-corrected chi connectivity index (χ1v) is 6.54. The fourth-order valence-electron chi connectivity index (χ4n) is 2.52. The summed E-state index contributed by atoms with van der Waals surface area (Å²) in [6, 6.07) is 11.4. The minimum absolute atomic E-state index is 0.348. The zero-order valence-corrected chi connectivity index (χ0v) is 10.1. The quantitative estimate of drug-likeness (QED) is 0.816. The average Bonchev–Trinajstić information content (AvgIpc) is 3.18. The molecule has 3 nitrogen and oxygen atoms in total. The van der Waals surface area contributed by atoms with E-state index in [9.17, 15) is 0 Å². The van der Waals surface area contributed by atoms with Gasteiger partial charge in [-0.05, 0) is 12.0 Å². The van der Waals surface area contributed by atoms with Crippen LogP contribution in [-0.2, 0) is 4.74 Å². The number of rotatable bonds is 4. The summed E-state index contributed by atoms with van der Waals surface area (Å²) in [5.74, 6) is 0.716. The first kappa shape index (κ1) is 11.2. The third-order valence-corrected chi connectivity index (χ3v) is 3.63. The van der Waals surface area contributed by atoms with Crippen LogP contribution in [0.15, 0.2) is 30.3 Å². The summed E-state index contributed by atoms with van der Waals surface area (Å²) in [5.41, 5.74) is 1.47. The molecule has 0 radical (unpaired) electrons. The number of hydrogen-bond donors (Lipinski definition) is 2. The van der Waals surface area contributed by atoms with Gasteiger partial charge in [0.25, 0.3) is 0 Å². The van der Waals surface area contributed by atoms with Crippen molar-refractivity contribution in [1.82, 2.24) is 10.6 Å². The standard InChI is InChI=1S/C14H20N2O/c1-2-4-11(5-3-1)13-8-14(13)16-10-12-9-15-6-7-17-12/h1-5,12-16H,6-10H2/t12?,13-,14+/m1/s1. The van der Waals surface area contributed by atoms with Gasteiger partial charge in [-0.3, -0.25) is 0 Å². The molecule has 1 aliphatic carbocycles. The summed E-state index contributed by atoms with van der Waals surface area (Å²) < 4.78 is 5.67. The van der Waals surface area contributed by atoms with E-state index in [0.717, 1.165) is 26.2 Å². The van der Waals surface area contributed by atoms with Gasteiger partial charge in [0.1, 0.15) is 0 Å². The Bertz CT molecular complexity index is 348. The molecule has 2 aliphatic rings. The molecule has 2 fully saturated rings. The van der Waals surface area contributed by atoms with Crippen molar-refractivity contribution in [3.63, 3.8) is 0 Å². The van der Waals surface area contributed by atoms with Crippen molar-refractivity contribution in [1.29, 1.82) is 0 Å². The van der Waals surface area contributed by atoms with Gasteiger partial charge in [-0.1, -0.05) is 30.3 Å². The van der Waals surface area contributed by atoms with Crippen molar-refractivity contribution in [2.75, 3.05) is 26.2 Å². The summed E-state index contributed by atoms with van der Waals surface area (Å²) in [5, 5.41) is 6.97. The lowest BCUT2D eigenvalue weighted by atomic mass is 10.1. The second kappa shape index (κ2) is 5.17. The molecule has 2 N–H and O–H groups in total. The highest BCUT2D eigenvalue weighted by molar-refractivity contribution is 5.27. The largest absolute Gasteiger partial charge is 0.374 e. The van der Waals surface area contributed by atoms with Crippen LogP contribution in [0.3, 0.4) is 0 Å². The Morgan fingerprint density at radius 2 is 2.18 bits per heavy atom. The number of morpholine rings is 1. The highest BCUT2D eigenvalue weighted by Gasteiger charge is 2.38. The molecule has 1 saturated carbocycles. The van der Waals surface area contributed by atoms with Crippen molar-refractivity contribution < 1.29 is 4.74 Å². The van der Waals surface area contributed by atoms with Crippen LogP contribution in [0.5, 0.6) is 0 Å². The number of ether oxygens (including phenoxy) is 1. The fraction of sp³-hybridized carbons (Fsp3) is 0.571. The van der Waals surface area contributed by atoms with Crippen LogP contribution in [0, 0.1) is 0 Å². The Morgan fingerprint density at radius 3 is 2.94 bits per heavy atom. The van der Waals surface area contributed by atoms with Crippen molar-refractivity contribution in [2.45, 2.75) is 24.5 Å². The van der Waals surface area contributed by atoms with Crippen LogP contribution in [0.4, 0.5) is 0 Å². The molecular formula is C14H20N2O. The fourth-order valence-corrected chi connectivity index (χ4v) is 2.52. The van der Waals surface area contributed by atoms with E-state index in [-0.39, 0.29) is 0 Å². The molecule has 1 heterocycles. The molecule has 3 rings (SSSR count). The Morgan fingerprint density at radius 1 is 1.29 bits per heavy atom. The summed E-state index contributed by atoms with van der Waals surface area (Å²) in [7, 11) is 0. The zero-order valence-electron chi connectivity index (χ0n) is 10.1. The van der Waals surface area contributed by atoms with Crippen LogP contribution >= 0.6 is 0 Å². The molecule has 1 unspecified atom stereocenters. The van der Waals surface area contributed by atoms with Crippen LogP contribution in [0.2, 0.25) is 0 Å². The third kappa shape index (κ3) is 2.86. The van der Waals surface area contributed by atoms with Crippen molar-refractivity contribution in [3.05, 3.63) is 35.9 Å². The molecule has 0 spiro atoms. The maximum absolute atomic E-state index is 5.67. The molecule has 92 valence electrons. The molecule has 0 amide bonds. The van der Waals surface area contributed by atoms with Gasteiger partial charge in [-0.2, -0.15) is 0 Å². The Balaban J connectivity index is 1.43. The molecular weight excluding hydrogens is 212 g/mol. The normalized spacial score (nSPS) is 32.4. The number of benzene rings is 1. The first-order valence-electron chi connectivity index (χ1n) is 6.54. The molecule has 3 heteroatoms. The zero-order chi connectivity index (χ0) is 11.5. The van der Waals surface area contributed by atoms with Gasteiger partial charge in [-0.25, -0.2) is 0 Å². The average molecular weight is 232 g/mol. The van der Waals surface area contributed by atoms with Gasteiger partial charge in [0.05, 0.1) is 12.7 Å². The van der Waals surface area contributed by atoms with Crippen LogP contribution in [-0.4, -0.2) is 38.4 Å². The topological polar surface area (TPSA) is 33.3 Å². The predicted molar refractivity (Wildman–Crippen MR) is 68.2 cm³/mol. The SMILES string of the molecule is c1ccc([C@H]2C[C@@H]2NCC2CNCCO2)cc1. The van der Waals surface area contributed by atoms with E-state index in [4.69, 9.17) is 4.74 Å². The van der Waals surface area contributed by atoms with Gasteiger partial charge in [0.15, 0.2) is 0 Å². The van der Waals surface area contributed by atoms with Gasteiger partial charge in [-0.15, -0.1) is 0 Å². The van der Waals surface area contributed by atoms with E-state index in [1.54, 1.807) is 0 Å². The van der Waals surface area contributed by atoms with E-state index in [1.165, 1.54) is 12.0 Å². The van der Waals surface area contributed by atoms with Gasteiger partial charge in [0.2, 0.25) is 0 Å². The first-order chi connectivity index (χ1) is 8.43. The minimum Gasteiger partial charge on any atom is -0.374 e. The Hall–Kier alpha value is -0.900. The number of nitrogens with one attached hydrogen (secondary N) is 2. The molecule has 1 saturated heterocycles. The summed E-state index contributed by atoms with van der Waals surface area (Å²) >= 11 is 0. The third-order valence-electron chi connectivity index (χ3n) is 3.63. The maximum Gasteiger partial charge on any atom is 0.0824 e. The second-order valence-electron chi connectivity index (χ2n) is 4.96. The molecule has 1 aliphatic heterocycles. The monoisotopic (exact) mass is 232 g/mol. The van der Waals surface area contributed by atoms with Crippen LogP contribution in [0.25, 0.3) is 0 Å². The Kier molecular flexibility index (Phi) is 3.41. The highest BCUT2D eigenvalue weighted by atomic mass is 16.5. The van der Waals surface area contributed by atoms with Gasteiger partial charge >= 0.3 is 0 Å². The molecule has 3 atom stereocenters. The summed E-state index contributed by atoms with van der Waals surface area (Å²) in [6.07, 6.45) is 1.62. The van der Waals surface area contributed by atoms with Crippen molar-refractivity contribution >= 4 is 0 Å². The van der Waals surface area contributed by atoms with Crippen molar-refractivity contribution in [2.24, 2.45) is 0 Å². The molecule has 1 aromatic rings. The van der Waals surface area contributed by atoms with Crippen LogP contribution in [0.1, 0.15) is 17.9 Å². The minimum atomic E-state index is 0.348. The molecule has 0 bridgehead atoms. The predicted octanol–water partition coefficient (Wildman–Crippen LogP) is 1.12. The molecule has 1 aromatic carbocycles. The highest BCUT2D eigenvalue weighted by Crippen LogP contribution is 2.40. The lowest BCUT2D eigenvalue weighted by Crippen LogP contribution is -2.44. The van der Waals surface area contributed by atoms with E-state index in [1.807, 2.05) is 0 Å². The Labute approximate surface area is 103 Å². The second-order valence-corrected chi connectivity index (χ2v) is 4.96. The maximum atomic E-state index is 5.67. The van der Waals surface area contributed by atoms with E-state index in [2.05, 4.69) is 41.0 Å². The van der Waals surface area contributed by atoms with Gasteiger partial charge in [0, 0.05) is 31.6 Å². The lowest BCUT2D eigenvalue weighted by Gasteiger charge is -2.23. The smallest absolute Gasteiger partial charge is 0.0824 e. The molecule has 17 heavy (non-hydrogen) atoms.